The van der Waals surface area contributed by atoms with Gasteiger partial charge >= 0.3 is 11.9 Å². The molecule has 8 nitrogen and oxygen atoms in total. The SMILES string of the molecule is CC[C@@]1(OC(=O)CN)C(=O)OCc2c1cc1n(c2=O)Cc2c-1nc1ccccc1c2CCl. The van der Waals surface area contributed by atoms with Crippen LogP contribution < -0.4 is 11.3 Å². The highest BCUT2D eigenvalue weighted by atomic mass is 35.5. The van der Waals surface area contributed by atoms with E-state index in [4.69, 9.17) is 31.8 Å². The van der Waals surface area contributed by atoms with Gasteiger partial charge in [-0.3, -0.25) is 9.59 Å². The van der Waals surface area contributed by atoms with Crippen LogP contribution in [-0.2, 0) is 43.7 Å². The molecule has 2 aromatic heterocycles. The highest BCUT2D eigenvalue weighted by Crippen LogP contribution is 2.42. The molecule has 4 heterocycles. The molecule has 0 fully saturated rings. The molecule has 3 aromatic rings. The summed E-state index contributed by atoms with van der Waals surface area (Å²) in [6.07, 6.45) is 0.0956. The number of pyridine rings is 2. The third-order valence-electron chi connectivity index (χ3n) is 6.27. The minimum absolute atomic E-state index is 0.0956. The fraction of sp³-hybridized carbons (Fsp3) is 0.304. The summed E-state index contributed by atoms with van der Waals surface area (Å²) in [5, 5.41) is 0.935. The number of para-hydroxylation sites is 1. The molecule has 2 N–H and O–H groups in total. The second kappa shape index (κ2) is 7.43. The van der Waals surface area contributed by atoms with Gasteiger partial charge in [-0.1, -0.05) is 25.1 Å². The summed E-state index contributed by atoms with van der Waals surface area (Å²) < 4.78 is 12.4. The van der Waals surface area contributed by atoms with E-state index in [1.54, 1.807) is 17.6 Å². The third-order valence-corrected chi connectivity index (χ3v) is 6.54. The fourth-order valence-corrected chi connectivity index (χ4v) is 4.96. The Labute approximate surface area is 187 Å². The van der Waals surface area contributed by atoms with Crippen LogP contribution in [0.2, 0.25) is 0 Å². The molecule has 1 atom stereocenters. The van der Waals surface area contributed by atoms with Crippen molar-refractivity contribution in [2.75, 3.05) is 6.54 Å². The first kappa shape index (κ1) is 20.7. The minimum atomic E-state index is -1.73. The highest BCUT2D eigenvalue weighted by molar-refractivity contribution is 6.18. The molecule has 5 rings (SSSR count). The molecular formula is C23H20ClN3O5. The summed E-state index contributed by atoms with van der Waals surface area (Å²) in [6.45, 7) is 1.41. The standard InChI is InChI=1S/C23H20ClN3O5/c1-2-23(32-19(28)9-25)16-7-18-20-14(10-27(18)21(29)15(16)11-31-22(23)30)13(8-24)12-5-3-4-6-17(12)26-20/h3-7H,2,8-11,25H2,1H3/t23-/m0/s1. The van der Waals surface area contributed by atoms with Gasteiger partial charge in [0.15, 0.2) is 0 Å². The normalized spacial score (nSPS) is 18.7. The Morgan fingerprint density at radius 2 is 2.09 bits per heavy atom. The molecule has 0 spiro atoms. The van der Waals surface area contributed by atoms with Crippen molar-refractivity contribution in [1.82, 2.24) is 9.55 Å². The highest BCUT2D eigenvalue weighted by Gasteiger charge is 2.50. The number of rotatable bonds is 4. The molecule has 1 aromatic carbocycles. The van der Waals surface area contributed by atoms with Gasteiger partial charge in [0.05, 0.1) is 35.6 Å². The Morgan fingerprint density at radius 1 is 1.31 bits per heavy atom. The van der Waals surface area contributed by atoms with E-state index in [9.17, 15) is 14.4 Å². The number of fused-ring (bicyclic) bond motifs is 5. The fourth-order valence-electron chi connectivity index (χ4n) is 4.66. The van der Waals surface area contributed by atoms with Crippen molar-refractivity contribution in [3.05, 3.63) is 62.9 Å². The number of ether oxygens (including phenoxy) is 2. The quantitative estimate of drug-likeness (QED) is 0.372. The molecule has 0 saturated heterocycles. The van der Waals surface area contributed by atoms with Crippen LogP contribution in [0.25, 0.3) is 22.3 Å². The lowest BCUT2D eigenvalue weighted by Crippen LogP contribution is -2.48. The van der Waals surface area contributed by atoms with Gasteiger partial charge in [-0.05, 0) is 24.1 Å². The zero-order chi connectivity index (χ0) is 22.6. The largest absolute Gasteiger partial charge is 0.457 e. The number of esters is 2. The van der Waals surface area contributed by atoms with E-state index in [1.807, 2.05) is 24.3 Å². The van der Waals surface area contributed by atoms with Gasteiger partial charge in [-0.2, -0.15) is 0 Å². The molecule has 0 aliphatic carbocycles. The van der Waals surface area contributed by atoms with Crippen LogP contribution in [0.3, 0.4) is 0 Å². The molecule has 0 unspecified atom stereocenters. The number of nitrogens with two attached hydrogens (primary N) is 1. The van der Waals surface area contributed by atoms with Crippen molar-refractivity contribution < 1.29 is 19.1 Å². The second-order valence-electron chi connectivity index (χ2n) is 7.82. The molecule has 2 aliphatic heterocycles. The summed E-state index contributed by atoms with van der Waals surface area (Å²) in [6, 6.07) is 9.37. The van der Waals surface area contributed by atoms with Crippen molar-refractivity contribution in [1.29, 1.82) is 0 Å². The molecule has 0 amide bonds. The Hall–Kier alpha value is -3.23. The maximum absolute atomic E-state index is 13.5. The van der Waals surface area contributed by atoms with Crippen LogP contribution in [-0.4, -0.2) is 28.0 Å². The predicted octanol–water partition coefficient (Wildman–Crippen LogP) is 2.33. The lowest BCUT2D eigenvalue weighted by Gasteiger charge is -2.35. The maximum atomic E-state index is 13.5. The van der Waals surface area contributed by atoms with Gasteiger partial charge in [0.25, 0.3) is 5.56 Å². The molecule has 164 valence electrons. The van der Waals surface area contributed by atoms with E-state index in [2.05, 4.69) is 0 Å². The Kier molecular flexibility index (Phi) is 4.79. The molecule has 9 heteroatoms. The van der Waals surface area contributed by atoms with E-state index in [-0.39, 0.29) is 30.0 Å². The van der Waals surface area contributed by atoms with Crippen molar-refractivity contribution in [3.8, 4) is 11.4 Å². The molecule has 32 heavy (non-hydrogen) atoms. The van der Waals surface area contributed by atoms with Crippen molar-refractivity contribution >= 4 is 34.4 Å². The van der Waals surface area contributed by atoms with Gasteiger partial charge < -0.3 is 19.8 Å². The number of carbonyl (C=O) groups excluding carboxylic acids is 2. The molecule has 2 aliphatic rings. The van der Waals surface area contributed by atoms with Gasteiger partial charge in [-0.25, -0.2) is 9.78 Å². The minimum Gasteiger partial charge on any atom is -0.457 e. The second-order valence-corrected chi connectivity index (χ2v) is 8.08. The lowest BCUT2D eigenvalue weighted by atomic mass is 9.85. The number of halogens is 1. The summed E-state index contributed by atoms with van der Waals surface area (Å²) in [5.41, 5.74) is 7.71. The van der Waals surface area contributed by atoms with Crippen molar-refractivity contribution in [2.24, 2.45) is 5.73 Å². The van der Waals surface area contributed by atoms with E-state index in [1.165, 1.54) is 0 Å². The number of benzene rings is 1. The summed E-state index contributed by atoms with van der Waals surface area (Å²) in [4.78, 5) is 43.2. The Bertz CT molecular complexity index is 1370. The topological polar surface area (TPSA) is 114 Å². The summed E-state index contributed by atoms with van der Waals surface area (Å²) in [5.74, 6) is -1.21. The van der Waals surface area contributed by atoms with Crippen LogP contribution in [0.5, 0.6) is 0 Å². The predicted molar refractivity (Wildman–Crippen MR) is 117 cm³/mol. The Morgan fingerprint density at radius 3 is 2.81 bits per heavy atom. The average Bonchev–Trinajstić information content (AvgIpc) is 3.18. The van der Waals surface area contributed by atoms with E-state index >= 15 is 0 Å². The van der Waals surface area contributed by atoms with Gasteiger partial charge in [0.2, 0.25) is 5.60 Å². The molecular weight excluding hydrogens is 434 g/mol. The third kappa shape index (κ3) is 2.73. The monoisotopic (exact) mass is 453 g/mol. The molecule has 0 saturated carbocycles. The molecule has 0 radical (unpaired) electrons. The molecule has 0 bridgehead atoms. The number of hydrogen-bond donors (Lipinski definition) is 1. The van der Waals surface area contributed by atoms with Crippen molar-refractivity contribution in [2.45, 2.75) is 38.0 Å². The number of carbonyl (C=O) groups is 2. The number of aromatic nitrogens is 2. The van der Waals surface area contributed by atoms with Gasteiger partial charge in [-0.15, -0.1) is 11.6 Å². The number of alkyl halides is 1. The van der Waals surface area contributed by atoms with Crippen LogP contribution in [0, 0.1) is 0 Å². The summed E-state index contributed by atoms with van der Waals surface area (Å²) in [7, 11) is 0. The number of cyclic esters (lactones) is 1. The maximum Gasteiger partial charge on any atom is 0.355 e. The first-order chi connectivity index (χ1) is 15.4. The van der Waals surface area contributed by atoms with Crippen LogP contribution in [0.4, 0.5) is 0 Å². The van der Waals surface area contributed by atoms with Crippen molar-refractivity contribution in [3.63, 3.8) is 0 Å². The summed E-state index contributed by atoms with van der Waals surface area (Å²) >= 11 is 6.31. The van der Waals surface area contributed by atoms with E-state index in [0.717, 1.165) is 22.0 Å². The number of hydrogen-bond acceptors (Lipinski definition) is 7. The van der Waals surface area contributed by atoms with Gasteiger partial charge in [0, 0.05) is 22.4 Å². The number of nitrogens with zero attached hydrogens (tertiary/aromatic N) is 2. The first-order valence-electron chi connectivity index (χ1n) is 10.3. The average molecular weight is 454 g/mol. The zero-order valence-electron chi connectivity index (χ0n) is 17.3. The smallest absolute Gasteiger partial charge is 0.355 e. The van der Waals surface area contributed by atoms with Crippen LogP contribution >= 0.6 is 11.6 Å². The lowest BCUT2D eigenvalue weighted by molar-refractivity contribution is -0.188. The van der Waals surface area contributed by atoms with Gasteiger partial charge in [0.1, 0.15) is 6.61 Å². The van der Waals surface area contributed by atoms with E-state index < -0.39 is 24.1 Å². The van der Waals surface area contributed by atoms with Crippen LogP contribution in [0.15, 0.2) is 35.1 Å². The Balaban J connectivity index is 1.80. The van der Waals surface area contributed by atoms with E-state index in [0.29, 0.717) is 23.5 Å². The van der Waals surface area contributed by atoms with Crippen LogP contribution in [0.1, 0.15) is 35.6 Å². The zero-order valence-corrected chi connectivity index (χ0v) is 18.1. The first-order valence-corrected chi connectivity index (χ1v) is 10.8.